The maximum atomic E-state index is 14.9. The first kappa shape index (κ1) is 26.8. The van der Waals surface area contributed by atoms with Crippen LogP contribution in [0.1, 0.15) is 57.4 Å². The van der Waals surface area contributed by atoms with Gasteiger partial charge in [-0.3, -0.25) is 9.59 Å². The van der Waals surface area contributed by atoms with Crippen LogP contribution >= 0.6 is 22.7 Å². The molecule has 6 rings (SSSR count). The third kappa shape index (κ3) is 5.22. The zero-order valence-electron chi connectivity index (χ0n) is 22.0. The molecule has 2 aromatic carbocycles. The number of halogens is 2. The summed E-state index contributed by atoms with van der Waals surface area (Å²) in [4.78, 5) is 37.3. The third-order valence-corrected chi connectivity index (χ3v) is 9.61. The van der Waals surface area contributed by atoms with E-state index < -0.39 is 17.5 Å². The minimum Gasteiger partial charge on any atom is -0.320 e. The molecule has 3 N–H and O–H groups in total. The van der Waals surface area contributed by atoms with Crippen molar-refractivity contribution >= 4 is 40.1 Å². The van der Waals surface area contributed by atoms with Crippen molar-refractivity contribution in [3.8, 4) is 11.1 Å². The number of hydrogen-bond acceptors (Lipinski definition) is 8. The van der Waals surface area contributed by atoms with Gasteiger partial charge in [-0.15, -0.1) is 22.7 Å². The molecule has 0 spiro atoms. The van der Waals surface area contributed by atoms with Crippen LogP contribution in [0, 0.1) is 25.5 Å². The number of carbonyl (C=O) groups excluding carboxylic acids is 2. The Bertz CT molecular complexity index is 1490. The minimum atomic E-state index is -0.568. The van der Waals surface area contributed by atoms with Crippen molar-refractivity contribution in [1.29, 1.82) is 0 Å². The number of hydrogen-bond donors (Lipinski definition) is 3. The SMILES string of the molecule is Cc1c(CC(=O)c2nc3c(s2)CNCC3)cc(F)cc1-c1cc(F)cc(NC(=O)c2nc3c(s2)CNCC3)c1C. The topological polar surface area (TPSA) is 96.0 Å². The molecule has 40 heavy (non-hydrogen) atoms. The van der Waals surface area contributed by atoms with Crippen molar-refractivity contribution in [1.82, 2.24) is 20.6 Å². The molecule has 1 amide bonds. The number of amides is 1. The number of nitrogens with one attached hydrogen (secondary N) is 3. The van der Waals surface area contributed by atoms with Gasteiger partial charge in [0.2, 0.25) is 0 Å². The number of anilines is 1. The van der Waals surface area contributed by atoms with E-state index in [9.17, 15) is 18.4 Å². The van der Waals surface area contributed by atoms with E-state index in [-0.39, 0.29) is 17.9 Å². The highest BCUT2D eigenvalue weighted by Crippen LogP contribution is 2.35. The van der Waals surface area contributed by atoms with E-state index in [1.54, 1.807) is 13.8 Å². The molecular weight excluding hydrogens is 552 g/mol. The van der Waals surface area contributed by atoms with Crippen molar-refractivity contribution in [2.75, 3.05) is 18.4 Å². The van der Waals surface area contributed by atoms with Crippen molar-refractivity contribution in [2.24, 2.45) is 0 Å². The van der Waals surface area contributed by atoms with Gasteiger partial charge >= 0.3 is 0 Å². The third-order valence-electron chi connectivity index (χ3n) is 7.38. The predicted molar refractivity (Wildman–Crippen MR) is 152 cm³/mol. The highest BCUT2D eigenvalue weighted by molar-refractivity contribution is 7.14. The summed E-state index contributed by atoms with van der Waals surface area (Å²) in [5, 5.41) is 10.1. The monoisotopic (exact) mass is 579 g/mol. The Hall–Kier alpha value is -3.38. The van der Waals surface area contributed by atoms with Gasteiger partial charge in [-0.1, -0.05) is 0 Å². The molecular formula is C29H27F2N5O2S2. The normalized spacial score (nSPS) is 14.5. The van der Waals surface area contributed by atoms with Gasteiger partial charge in [-0.2, -0.15) is 0 Å². The number of rotatable bonds is 6. The highest BCUT2D eigenvalue weighted by atomic mass is 32.1. The van der Waals surface area contributed by atoms with E-state index in [1.165, 1.54) is 46.9 Å². The molecule has 0 aliphatic carbocycles. The lowest BCUT2D eigenvalue weighted by atomic mass is 9.91. The molecule has 0 saturated heterocycles. The molecule has 2 aromatic heterocycles. The number of ketones is 1. The van der Waals surface area contributed by atoms with E-state index in [1.807, 2.05) is 0 Å². The summed E-state index contributed by atoms with van der Waals surface area (Å²) in [7, 11) is 0. The fourth-order valence-electron chi connectivity index (χ4n) is 5.18. The molecule has 0 unspecified atom stereocenters. The second-order valence-corrected chi connectivity index (χ2v) is 12.2. The Morgan fingerprint density at radius 2 is 1.43 bits per heavy atom. The highest BCUT2D eigenvalue weighted by Gasteiger charge is 2.23. The molecule has 7 nitrogen and oxygen atoms in total. The molecule has 4 heterocycles. The summed E-state index contributed by atoms with van der Waals surface area (Å²) in [5.74, 6) is -1.68. The van der Waals surface area contributed by atoms with E-state index in [0.717, 1.165) is 47.1 Å². The lowest BCUT2D eigenvalue weighted by molar-refractivity contribution is 0.0990. The molecule has 0 radical (unpaired) electrons. The first-order valence-corrected chi connectivity index (χ1v) is 14.7. The molecule has 0 bridgehead atoms. The van der Waals surface area contributed by atoms with Crippen LogP contribution < -0.4 is 16.0 Å². The summed E-state index contributed by atoms with van der Waals surface area (Å²) in [6.07, 6.45) is 1.52. The minimum absolute atomic E-state index is 0.0159. The van der Waals surface area contributed by atoms with Crippen LogP contribution in [0.3, 0.4) is 0 Å². The Balaban J connectivity index is 1.29. The average molecular weight is 580 g/mol. The molecule has 11 heteroatoms. The van der Waals surface area contributed by atoms with Gasteiger partial charge in [0.1, 0.15) is 11.6 Å². The van der Waals surface area contributed by atoms with Gasteiger partial charge in [-0.25, -0.2) is 18.7 Å². The number of Topliss-reactive ketones (excluding diaryl/α,β-unsaturated/α-hetero) is 1. The van der Waals surface area contributed by atoms with Crippen LogP contribution in [0.5, 0.6) is 0 Å². The number of fused-ring (bicyclic) bond motifs is 2. The summed E-state index contributed by atoms with van der Waals surface area (Å²) in [6, 6.07) is 5.27. The Kier molecular flexibility index (Phi) is 7.30. The van der Waals surface area contributed by atoms with Crippen molar-refractivity contribution in [2.45, 2.75) is 46.2 Å². The molecule has 0 saturated carbocycles. The van der Waals surface area contributed by atoms with Crippen LogP contribution in [0.25, 0.3) is 11.1 Å². The molecule has 2 aliphatic heterocycles. The molecule has 2 aliphatic rings. The standard InChI is InChI=1S/C29H27F2N5O2S2/c1-14-16(8-24(37)28-35-21-3-5-32-12-25(21)39-28)7-17(30)9-19(14)20-10-18(31)11-23(15(20)2)34-27(38)29-36-22-4-6-33-13-26(22)40-29/h7,9-11,32-33H,3-6,8,12-13H2,1-2H3,(H,34,38). The van der Waals surface area contributed by atoms with E-state index in [0.29, 0.717) is 50.9 Å². The number of thiazole rings is 2. The predicted octanol–water partition coefficient (Wildman–Crippen LogP) is 5.13. The van der Waals surface area contributed by atoms with Crippen molar-refractivity contribution in [3.63, 3.8) is 0 Å². The first-order valence-electron chi connectivity index (χ1n) is 13.1. The molecule has 0 atom stereocenters. The van der Waals surface area contributed by atoms with E-state index in [4.69, 9.17) is 0 Å². The zero-order valence-corrected chi connectivity index (χ0v) is 23.7. The van der Waals surface area contributed by atoms with Gasteiger partial charge < -0.3 is 16.0 Å². The maximum absolute atomic E-state index is 14.9. The smallest absolute Gasteiger partial charge is 0.284 e. The summed E-state index contributed by atoms with van der Waals surface area (Å²) in [6.45, 7) is 6.57. The largest absolute Gasteiger partial charge is 0.320 e. The van der Waals surface area contributed by atoms with Crippen LogP contribution in [-0.2, 0) is 32.4 Å². The van der Waals surface area contributed by atoms with Gasteiger partial charge in [0.05, 0.1) is 11.4 Å². The summed E-state index contributed by atoms with van der Waals surface area (Å²) < 4.78 is 29.8. The summed E-state index contributed by atoms with van der Waals surface area (Å²) in [5.41, 5.74) is 4.83. The number of benzene rings is 2. The van der Waals surface area contributed by atoms with Crippen molar-refractivity contribution in [3.05, 3.63) is 83.7 Å². The second-order valence-electron chi connectivity index (χ2n) is 10.0. The van der Waals surface area contributed by atoms with Gasteiger partial charge in [0.25, 0.3) is 5.91 Å². The first-order chi connectivity index (χ1) is 19.3. The second kappa shape index (κ2) is 10.9. The molecule has 206 valence electrons. The van der Waals surface area contributed by atoms with Crippen LogP contribution in [0.15, 0.2) is 24.3 Å². The average Bonchev–Trinajstić information content (AvgIpc) is 3.57. The lowest BCUT2D eigenvalue weighted by Crippen LogP contribution is -2.22. The Morgan fingerprint density at radius 3 is 2.08 bits per heavy atom. The van der Waals surface area contributed by atoms with E-state index >= 15 is 0 Å². The van der Waals surface area contributed by atoms with Crippen LogP contribution in [-0.4, -0.2) is 34.7 Å². The maximum Gasteiger partial charge on any atom is 0.284 e. The van der Waals surface area contributed by atoms with Crippen LogP contribution in [0.2, 0.25) is 0 Å². The van der Waals surface area contributed by atoms with Gasteiger partial charge in [0, 0.05) is 60.9 Å². The fraction of sp³-hybridized carbons (Fsp3) is 0.310. The van der Waals surface area contributed by atoms with Gasteiger partial charge in [0.15, 0.2) is 15.8 Å². The fourth-order valence-corrected chi connectivity index (χ4v) is 7.17. The zero-order chi connectivity index (χ0) is 28.0. The summed E-state index contributed by atoms with van der Waals surface area (Å²) >= 11 is 2.70. The number of carbonyl (C=O) groups is 2. The Labute approximate surface area is 238 Å². The molecule has 0 fully saturated rings. The van der Waals surface area contributed by atoms with E-state index in [2.05, 4.69) is 25.9 Å². The quantitative estimate of drug-likeness (QED) is 0.274. The number of aromatic nitrogens is 2. The van der Waals surface area contributed by atoms with Gasteiger partial charge in [-0.05, 0) is 65.9 Å². The van der Waals surface area contributed by atoms with Crippen molar-refractivity contribution < 1.29 is 18.4 Å². The van der Waals surface area contributed by atoms with Crippen LogP contribution in [0.4, 0.5) is 14.5 Å². The number of nitrogens with zero attached hydrogens (tertiary/aromatic N) is 2. The lowest BCUT2D eigenvalue weighted by Gasteiger charge is -2.17. The Morgan fingerprint density at radius 1 is 0.850 bits per heavy atom. The molecule has 4 aromatic rings.